The van der Waals surface area contributed by atoms with Gasteiger partial charge in [-0.2, -0.15) is 0 Å². The molecule has 2 aromatic carbocycles. The molecule has 0 aliphatic heterocycles. The van der Waals surface area contributed by atoms with E-state index in [1.165, 1.54) is 11.1 Å². The van der Waals surface area contributed by atoms with E-state index in [9.17, 15) is 4.79 Å². The normalized spacial score (nSPS) is 12.0. The van der Waals surface area contributed by atoms with Crippen LogP contribution in [0.1, 0.15) is 45.6 Å². The molecule has 0 spiro atoms. The predicted octanol–water partition coefficient (Wildman–Crippen LogP) is 3.25. The van der Waals surface area contributed by atoms with E-state index in [1.807, 2.05) is 31.2 Å². The van der Waals surface area contributed by atoms with E-state index in [0.717, 1.165) is 11.1 Å². The average Bonchev–Trinajstić information content (AvgIpc) is 2.46. The molecule has 0 aliphatic rings. The summed E-state index contributed by atoms with van der Waals surface area (Å²) in [6, 6.07) is 13.7. The molecule has 1 atom stereocenters. The summed E-state index contributed by atoms with van der Waals surface area (Å²) in [6.45, 7) is 6.62. The smallest absolute Gasteiger partial charge is 0.251 e. The van der Waals surface area contributed by atoms with Crippen molar-refractivity contribution in [1.29, 1.82) is 0 Å². The number of carbonyl (C=O) groups is 1. The molecular formula is C18H22N2O. The Balaban J connectivity index is 2.10. The minimum atomic E-state index is -0.0646. The van der Waals surface area contributed by atoms with Crippen LogP contribution in [0.25, 0.3) is 0 Å². The number of hydrogen-bond donors (Lipinski definition) is 2. The van der Waals surface area contributed by atoms with Crippen LogP contribution in [-0.4, -0.2) is 5.91 Å². The molecule has 110 valence electrons. The van der Waals surface area contributed by atoms with Gasteiger partial charge in [0.25, 0.3) is 5.91 Å². The highest BCUT2D eigenvalue weighted by molar-refractivity contribution is 5.94. The zero-order chi connectivity index (χ0) is 15.4. The molecule has 2 aromatic rings. The van der Waals surface area contributed by atoms with E-state index >= 15 is 0 Å². The zero-order valence-corrected chi connectivity index (χ0v) is 12.8. The van der Waals surface area contributed by atoms with Crippen molar-refractivity contribution in [2.75, 3.05) is 0 Å². The van der Waals surface area contributed by atoms with Crippen LogP contribution in [0, 0.1) is 13.8 Å². The summed E-state index contributed by atoms with van der Waals surface area (Å²) in [5.74, 6) is -0.0646. The van der Waals surface area contributed by atoms with Crippen LogP contribution in [0.5, 0.6) is 0 Å². The minimum Gasteiger partial charge on any atom is -0.346 e. The van der Waals surface area contributed by atoms with Crippen molar-refractivity contribution < 1.29 is 4.79 Å². The molecule has 0 heterocycles. The van der Waals surface area contributed by atoms with Crippen molar-refractivity contribution in [3.63, 3.8) is 0 Å². The number of carbonyl (C=O) groups excluding carboxylic acids is 1. The maximum atomic E-state index is 12.3. The second-order valence-corrected chi connectivity index (χ2v) is 5.52. The summed E-state index contributed by atoms with van der Waals surface area (Å²) >= 11 is 0. The number of nitrogens with two attached hydrogens (primary N) is 1. The summed E-state index contributed by atoms with van der Waals surface area (Å²) < 4.78 is 0. The van der Waals surface area contributed by atoms with E-state index in [0.29, 0.717) is 12.1 Å². The standard InChI is InChI=1S/C18H22N2O/c1-12-8-13(2)10-17(9-12)14(3)20-18(21)16-6-4-15(11-19)5-7-16/h4-10,14H,11,19H2,1-3H3,(H,20,21). The third-order valence-corrected chi connectivity index (χ3v) is 3.54. The fraction of sp³-hybridized carbons (Fsp3) is 0.278. The van der Waals surface area contributed by atoms with Gasteiger partial charge in [0, 0.05) is 12.1 Å². The Hall–Kier alpha value is -2.13. The largest absolute Gasteiger partial charge is 0.346 e. The molecule has 0 fully saturated rings. The molecule has 0 bridgehead atoms. The van der Waals surface area contributed by atoms with Gasteiger partial charge in [0.2, 0.25) is 0 Å². The summed E-state index contributed by atoms with van der Waals surface area (Å²) in [6.07, 6.45) is 0. The minimum absolute atomic E-state index is 0.0229. The van der Waals surface area contributed by atoms with E-state index in [2.05, 4.69) is 37.4 Å². The van der Waals surface area contributed by atoms with Gasteiger partial charge in [0.15, 0.2) is 0 Å². The van der Waals surface area contributed by atoms with Crippen LogP contribution in [0.4, 0.5) is 0 Å². The van der Waals surface area contributed by atoms with Gasteiger partial charge >= 0.3 is 0 Å². The summed E-state index contributed by atoms with van der Waals surface area (Å²) in [5.41, 5.74) is 10.8. The Morgan fingerprint density at radius 2 is 1.67 bits per heavy atom. The first kappa shape index (κ1) is 15.3. The summed E-state index contributed by atoms with van der Waals surface area (Å²) in [5, 5.41) is 3.03. The Labute approximate surface area is 126 Å². The number of benzene rings is 2. The molecular weight excluding hydrogens is 260 g/mol. The molecule has 1 amide bonds. The van der Waals surface area contributed by atoms with Crippen molar-refractivity contribution in [3.05, 3.63) is 70.3 Å². The number of amides is 1. The van der Waals surface area contributed by atoms with E-state index in [-0.39, 0.29) is 11.9 Å². The summed E-state index contributed by atoms with van der Waals surface area (Å²) in [7, 11) is 0. The maximum absolute atomic E-state index is 12.3. The van der Waals surface area contributed by atoms with Gasteiger partial charge in [-0.3, -0.25) is 4.79 Å². The first-order valence-corrected chi connectivity index (χ1v) is 7.17. The van der Waals surface area contributed by atoms with Crippen LogP contribution < -0.4 is 11.1 Å². The van der Waals surface area contributed by atoms with E-state index in [4.69, 9.17) is 5.73 Å². The molecule has 0 saturated heterocycles. The van der Waals surface area contributed by atoms with Crippen LogP contribution in [0.2, 0.25) is 0 Å². The Morgan fingerprint density at radius 3 is 2.19 bits per heavy atom. The van der Waals surface area contributed by atoms with Crippen molar-refractivity contribution in [2.24, 2.45) is 5.73 Å². The zero-order valence-electron chi connectivity index (χ0n) is 12.8. The van der Waals surface area contributed by atoms with Gasteiger partial charge in [-0.25, -0.2) is 0 Å². The van der Waals surface area contributed by atoms with Crippen molar-refractivity contribution in [1.82, 2.24) is 5.32 Å². The molecule has 2 rings (SSSR count). The van der Waals surface area contributed by atoms with Crippen LogP contribution >= 0.6 is 0 Å². The lowest BCUT2D eigenvalue weighted by Gasteiger charge is -2.16. The molecule has 3 N–H and O–H groups in total. The van der Waals surface area contributed by atoms with Crippen LogP contribution in [-0.2, 0) is 6.54 Å². The van der Waals surface area contributed by atoms with Gasteiger partial charge in [-0.1, -0.05) is 41.5 Å². The maximum Gasteiger partial charge on any atom is 0.251 e. The first-order valence-electron chi connectivity index (χ1n) is 7.17. The van der Waals surface area contributed by atoms with E-state index < -0.39 is 0 Å². The molecule has 0 radical (unpaired) electrons. The molecule has 0 aliphatic carbocycles. The lowest BCUT2D eigenvalue weighted by Crippen LogP contribution is -2.26. The number of nitrogens with one attached hydrogen (secondary N) is 1. The second kappa shape index (κ2) is 6.55. The van der Waals surface area contributed by atoms with Crippen LogP contribution in [0.3, 0.4) is 0 Å². The number of hydrogen-bond acceptors (Lipinski definition) is 2. The number of rotatable bonds is 4. The lowest BCUT2D eigenvalue weighted by atomic mass is 10.0. The van der Waals surface area contributed by atoms with Crippen molar-refractivity contribution in [2.45, 2.75) is 33.4 Å². The first-order chi connectivity index (χ1) is 9.99. The van der Waals surface area contributed by atoms with Gasteiger partial charge < -0.3 is 11.1 Å². The highest BCUT2D eigenvalue weighted by atomic mass is 16.1. The van der Waals surface area contributed by atoms with Crippen LogP contribution in [0.15, 0.2) is 42.5 Å². The van der Waals surface area contributed by atoms with Gasteiger partial charge in [0.1, 0.15) is 0 Å². The third kappa shape index (κ3) is 3.92. The SMILES string of the molecule is Cc1cc(C)cc(C(C)NC(=O)c2ccc(CN)cc2)c1. The molecule has 3 heteroatoms. The highest BCUT2D eigenvalue weighted by Gasteiger charge is 2.12. The Morgan fingerprint density at radius 1 is 1.10 bits per heavy atom. The quantitative estimate of drug-likeness (QED) is 0.904. The fourth-order valence-electron chi connectivity index (χ4n) is 2.42. The lowest BCUT2D eigenvalue weighted by molar-refractivity contribution is 0.0940. The van der Waals surface area contributed by atoms with Gasteiger partial charge in [-0.05, 0) is 44.0 Å². The third-order valence-electron chi connectivity index (χ3n) is 3.54. The Kier molecular flexibility index (Phi) is 4.76. The fourth-order valence-corrected chi connectivity index (χ4v) is 2.42. The van der Waals surface area contributed by atoms with Gasteiger partial charge in [-0.15, -0.1) is 0 Å². The van der Waals surface area contributed by atoms with Crippen molar-refractivity contribution >= 4 is 5.91 Å². The monoisotopic (exact) mass is 282 g/mol. The molecule has 0 aromatic heterocycles. The molecule has 1 unspecified atom stereocenters. The molecule has 0 saturated carbocycles. The predicted molar refractivity (Wildman–Crippen MR) is 86.1 cm³/mol. The average molecular weight is 282 g/mol. The topological polar surface area (TPSA) is 55.1 Å². The summed E-state index contributed by atoms with van der Waals surface area (Å²) in [4.78, 5) is 12.3. The van der Waals surface area contributed by atoms with E-state index in [1.54, 1.807) is 0 Å². The highest BCUT2D eigenvalue weighted by Crippen LogP contribution is 2.17. The van der Waals surface area contributed by atoms with Crippen molar-refractivity contribution in [3.8, 4) is 0 Å². The van der Waals surface area contributed by atoms with Gasteiger partial charge in [0.05, 0.1) is 6.04 Å². The second-order valence-electron chi connectivity index (χ2n) is 5.52. The number of aryl methyl sites for hydroxylation is 2. The molecule has 21 heavy (non-hydrogen) atoms. The Bertz CT molecular complexity index is 612. The molecule has 3 nitrogen and oxygen atoms in total.